The summed E-state index contributed by atoms with van der Waals surface area (Å²) < 4.78 is 0. The molecule has 1 amide bonds. The SMILES string of the molecule is Cc1cc(C(=O)N(C)c2ccc(Cl)cc2)ccc1C=N. The van der Waals surface area contributed by atoms with Gasteiger partial charge >= 0.3 is 0 Å². The quantitative estimate of drug-likeness (QED) is 0.854. The zero-order valence-corrected chi connectivity index (χ0v) is 12.1. The first-order valence-electron chi connectivity index (χ1n) is 6.17. The standard InChI is InChI=1S/C16H15ClN2O/c1-11-9-12(3-4-13(11)10-18)16(20)19(2)15-7-5-14(17)6-8-15/h3-10,18H,1-2H3. The Morgan fingerprint density at radius 3 is 2.40 bits per heavy atom. The van der Waals surface area contributed by atoms with E-state index in [1.807, 2.05) is 6.92 Å². The fourth-order valence-electron chi connectivity index (χ4n) is 1.95. The van der Waals surface area contributed by atoms with Crippen molar-refractivity contribution in [3.8, 4) is 0 Å². The molecule has 102 valence electrons. The number of aryl methyl sites for hydroxylation is 1. The van der Waals surface area contributed by atoms with Gasteiger partial charge in [-0.1, -0.05) is 17.7 Å². The van der Waals surface area contributed by atoms with E-state index in [2.05, 4.69) is 0 Å². The Hall–Kier alpha value is -2.13. The van der Waals surface area contributed by atoms with Crippen LogP contribution in [0.15, 0.2) is 42.5 Å². The lowest BCUT2D eigenvalue weighted by atomic mass is 10.0. The first-order valence-corrected chi connectivity index (χ1v) is 6.55. The van der Waals surface area contributed by atoms with E-state index in [0.717, 1.165) is 16.8 Å². The molecule has 0 heterocycles. The number of nitrogens with zero attached hydrogens (tertiary/aromatic N) is 1. The maximum absolute atomic E-state index is 12.4. The van der Waals surface area contributed by atoms with E-state index in [4.69, 9.17) is 17.0 Å². The molecule has 20 heavy (non-hydrogen) atoms. The third-order valence-corrected chi connectivity index (χ3v) is 3.44. The summed E-state index contributed by atoms with van der Waals surface area (Å²) in [5, 5.41) is 7.91. The predicted molar refractivity (Wildman–Crippen MR) is 83.3 cm³/mol. The van der Waals surface area contributed by atoms with Gasteiger partial charge in [0, 0.05) is 29.5 Å². The zero-order chi connectivity index (χ0) is 14.7. The summed E-state index contributed by atoms with van der Waals surface area (Å²) in [6.45, 7) is 1.89. The molecular weight excluding hydrogens is 272 g/mol. The highest BCUT2D eigenvalue weighted by Crippen LogP contribution is 2.19. The van der Waals surface area contributed by atoms with E-state index in [1.54, 1.807) is 54.4 Å². The lowest BCUT2D eigenvalue weighted by molar-refractivity contribution is 0.0993. The van der Waals surface area contributed by atoms with E-state index in [0.29, 0.717) is 10.6 Å². The van der Waals surface area contributed by atoms with Crippen LogP contribution in [0.4, 0.5) is 5.69 Å². The number of anilines is 1. The molecule has 0 aliphatic rings. The fourth-order valence-corrected chi connectivity index (χ4v) is 2.07. The van der Waals surface area contributed by atoms with Crippen molar-refractivity contribution < 1.29 is 4.79 Å². The minimum Gasteiger partial charge on any atom is -0.311 e. The summed E-state index contributed by atoms with van der Waals surface area (Å²) in [7, 11) is 1.73. The Morgan fingerprint density at radius 1 is 1.20 bits per heavy atom. The van der Waals surface area contributed by atoms with Crippen molar-refractivity contribution in [1.29, 1.82) is 5.41 Å². The van der Waals surface area contributed by atoms with Gasteiger partial charge in [-0.2, -0.15) is 0 Å². The van der Waals surface area contributed by atoms with Gasteiger partial charge in [0.1, 0.15) is 0 Å². The molecule has 0 saturated heterocycles. The molecule has 0 atom stereocenters. The molecule has 0 spiro atoms. The van der Waals surface area contributed by atoms with Crippen LogP contribution in [-0.4, -0.2) is 19.2 Å². The van der Waals surface area contributed by atoms with Gasteiger partial charge in [0.2, 0.25) is 0 Å². The third-order valence-electron chi connectivity index (χ3n) is 3.19. The Bertz CT molecular complexity index is 650. The van der Waals surface area contributed by atoms with E-state index in [-0.39, 0.29) is 5.91 Å². The lowest BCUT2D eigenvalue weighted by Crippen LogP contribution is -2.26. The molecule has 0 aliphatic heterocycles. The van der Waals surface area contributed by atoms with Gasteiger partial charge in [-0.3, -0.25) is 4.79 Å². The molecule has 0 fully saturated rings. The number of nitrogens with one attached hydrogen (secondary N) is 1. The molecule has 3 nitrogen and oxygen atoms in total. The minimum atomic E-state index is -0.0908. The molecular formula is C16H15ClN2O. The summed E-state index contributed by atoms with van der Waals surface area (Å²) in [5.74, 6) is -0.0908. The fraction of sp³-hybridized carbons (Fsp3) is 0.125. The van der Waals surface area contributed by atoms with Crippen LogP contribution < -0.4 is 4.90 Å². The average molecular weight is 287 g/mol. The van der Waals surface area contributed by atoms with E-state index in [9.17, 15) is 4.79 Å². The van der Waals surface area contributed by atoms with Crippen LogP contribution in [0, 0.1) is 12.3 Å². The molecule has 0 bridgehead atoms. The van der Waals surface area contributed by atoms with Crippen LogP contribution in [0.3, 0.4) is 0 Å². The van der Waals surface area contributed by atoms with Crippen LogP contribution in [-0.2, 0) is 0 Å². The number of amides is 1. The normalized spacial score (nSPS) is 10.2. The van der Waals surface area contributed by atoms with Crippen LogP contribution in [0.5, 0.6) is 0 Å². The Morgan fingerprint density at radius 2 is 1.85 bits per heavy atom. The topological polar surface area (TPSA) is 44.2 Å². The van der Waals surface area contributed by atoms with Gasteiger partial charge in [0.25, 0.3) is 5.91 Å². The highest BCUT2D eigenvalue weighted by atomic mass is 35.5. The summed E-state index contributed by atoms with van der Waals surface area (Å²) >= 11 is 5.84. The first kappa shape index (κ1) is 14.3. The number of carbonyl (C=O) groups excluding carboxylic acids is 1. The van der Waals surface area contributed by atoms with E-state index in [1.165, 1.54) is 6.21 Å². The summed E-state index contributed by atoms with van der Waals surface area (Å²) in [4.78, 5) is 14.0. The van der Waals surface area contributed by atoms with Crippen molar-refractivity contribution in [3.63, 3.8) is 0 Å². The zero-order valence-electron chi connectivity index (χ0n) is 11.4. The van der Waals surface area contributed by atoms with Gasteiger partial charge in [-0.25, -0.2) is 0 Å². The second-order valence-corrected chi connectivity index (χ2v) is 4.99. The maximum atomic E-state index is 12.4. The average Bonchev–Trinajstić information content (AvgIpc) is 2.46. The van der Waals surface area contributed by atoms with Crippen LogP contribution >= 0.6 is 11.6 Å². The van der Waals surface area contributed by atoms with Crippen molar-refractivity contribution in [3.05, 3.63) is 64.2 Å². The van der Waals surface area contributed by atoms with Gasteiger partial charge in [0.15, 0.2) is 0 Å². The van der Waals surface area contributed by atoms with Gasteiger partial charge < -0.3 is 10.3 Å². The molecule has 0 aliphatic carbocycles. The highest BCUT2D eigenvalue weighted by Gasteiger charge is 2.14. The van der Waals surface area contributed by atoms with Gasteiger partial charge in [-0.15, -0.1) is 0 Å². The highest BCUT2D eigenvalue weighted by molar-refractivity contribution is 6.30. The second kappa shape index (κ2) is 5.88. The molecule has 2 aromatic rings. The summed E-state index contributed by atoms with van der Waals surface area (Å²) in [6, 6.07) is 12.4. The molecule has 1 N–H and O–H groups in total. The lowest BCUT2D eigenvalue weighted by Gasteiger charge is -2.18. The number of rotatable bonds is 3. The Balaban J connectivity index is 2.28. The molecule has 0 unspecified atom stereocenters. The largest absolute Gasteiger partial charge is 0.311 e. The summed E-state index contributed by atoms with van der Waals surface area (Å²) in [5.41, 5.74) is 3.12. The van der Waals surface area contributed by atoms with Crippen molar-refractivity contribution >= 4 is 29.4 Å². The molecule has 0 aromatic heterocycles. The van der Waals surface area contributed by atoms with Crippen molar-refractivity contribution in [1.82, 2.24) is 0 Å². The molecule has 0 radical (unpaired) electrons. The molecule has 4 heteroatoms. The molecule has 2 aromatic carbocycles. The van der Waals surface area contributed by atoms with E-state index >= 15 is 0 Å². The van der Waals surface area contributed by atoms with Crippen LogP contribution in [0.1, 0.15) is 21.5 Å². The minimum absolute atomic E-state index is 0.0908. The Kier molecular flexibility index (Phi) is 4.20. The maximum Gasteiger partial charge on any atom is 0.258 e. The third kappa shape index (κ3) is 2.89. The number of hydrogen-bond donors (Lipinski definition) is 1. The van der Waals surface area contributed by atoms with Crippen LogP contribution in [0.25, 0.3) is 0 Å². The summed E-state index contributed by atoms with van der Waals surface area (Å²) in [6.07, 6.45) is 1.28. The Labute approximate surface area is 123 Å². The predicted octanol–water partition coefficient (Wildman–Crippen LogP) is 3.92. The molecule has 0 saturated carbocycles. The van der Waals surface area contributed by atoms with Gasteiger partial charge in [0.05, 0.1) is 0 Å². The monoisotopic (exact) mass is 286 g/mol. The van der Waals surface area contributed by atoms with Crippen LogP contribution in [0.2, 0.25) is 5.02 Å². The molecule has 2 rings (SSSR count). The van der Waals surface area contributed by atoms with Crippen molar-refractivity contribution in [2.75, 3.05) is 11.9 Å². The number of hydrogen-bond acceptors (Lipinski definition) is 2. The second-order valence-electron chi connectivity index (χ2n) is 4.56. The smallest absolute Gasteiger partial charge is 0.258 e. The first-order chi connectivity index (χ1) is 9.52. The van der Waals surface area contributed by atoms with Crippen molar-refractivity contribution in [2.24, 2.45) is 0 Å². The number of benzene rings is 2. The van der Waals surface area contributed by atoms with E-state index < -0.39 is 0 Å². The van der Waals surface area contributed by atoms with Crippen molar-refractivity contribution in [2.45, 2.75) is 6.92 Å². The number of carbonyl (C=O) groups is 1. The number of halogens is 1. The van der Waals surface area contributed by atoms with Gasteiger partial charge in [-0.05, 0) is 54.4 Å².